The fraction of sp³-hybridized carbons (Fsp3) is 0.278. The molecule has 1 aliphatic rings. The lowest BCUT2D eigenvalue weighted by Gasteiger charge is -2.30. The minimum Gasteiger partial charge on any atom is -0.486 e. The number of amides is 1. The van der Waals surface area contributed by atoms with Crippen LogP contribution in [0, 0.1) is 0 Å². The van der Waals surface area contributed by atoms with E-state index in [9.17, 15) is 4.79 Å². The van der Waals surface area contributed by atoms with Crippen molar-refractivity contribution in [1.82, 2.24) is 5.32 Å². The maximum absolute atomic E-state index is 12.1. The molecule has 2 atom stereocenters. The Balaban J connectivity index is 1.56. The Morgan fingerprint density at radius 3 is 2.59 bits per heavy atom. The van der Waals surface area contributed by atoms with Gasteiger partial charge in [0, 0.05) is 0 Å². The smallest absolute Gasteiger partial charge is 0.224 e. The van der Waals surface area contributed by atoms with Gasteiger partial charge in [0.15, 0.2) is 17.6 Å². The van der Waals surface area contributed by atoms with E-state index in [0.29, 0.717) is 13.0 Å². The molecule has 2 aromatic carbocycles. The van der Waals surface area contributed by atoms with Crippen molar-refractivity contribution in [1.29, 1.82) is 0 Å². The van der Waals surface area contributed by atoms with Gasteiger partial charge in [0.05, 0.1) is 12.5 Å². The number of hydrogen-bond acceptors (Lipinski definition) is 3. The molecular formula is C18H19NO3. The number of carbonyl (C=O) groups is 1. The number of rotatable bonds is 4. The van der Waals surface area contributed by atoms with E-state index in [1.54, 1.807) is 0 Å². The number of nitrogens with one attached hydrogen (secondary N) is 1. The number of carbonyl (C=O) groups excluding carboxylic acids is 1. The first-order valence-electron chi connectivity index (χ1n) is 7.44. The van der Waals surface area contributed by atoms with Gasteiger partial charge in [-0.3, -0.25) is 4.79 Å². The zero-order valence-corrected chi connectivity index (χ0v) is 12.5. The first kappa shape index (κ1) is 14.4. The molecule has 1 aliphatic heterocycles. The molecular weight excluding hydrogens is 278 g/mol. The summed E-state index contributed by atoms with van der Waals surface area (Å²) in [6, 6.07) is 17.1. The highest BCUT2D eigenvalue weighted by atomic mass is 16.6. The summed E-state index contributed by atoms with van der Waals surface area (Å²) in [5, 5.41) is 2.98. The maximum Gasteiger partial charge on any atom is 0.224 e. The zero-order chi connectivity index (χ0) is 15.4. The maximum atomic E-state index is 12.1. The number of ether oxygens (including phenoxy) is 2. The van der Waals surface area contributed by atoms with Gasteiger partial charge in [0.25, 0.3) is 0 Å². The van der Waals surface area contributed by atoms with Crippen molar-refractivity contribution < 1.29 is 14.3 Å². The van der Waals surface area contributed by atoms with Crippen molar-refractivity contribution in [2.75, 3.05) is 6.61 Å². The second kappa shape index (κ2) is 6.52. The van der Waals surface area contributed by atoms with Crippen LogP contribution >= 0.6 is 0 Å². The molecule has 0 unspecified atom stereocenters. The van der Waals surface area contributed by atoms with Gasteiger partial charge in [-0.25, -0.2) is 0 Å². The first-order chi connectivity index (χ1) is 10.7. The SMILES string of the molecule is C[C@@H](NC(=O)Cc1ccccc1)[C@H]1COc2ccccc2O1. The number of benzene rings is 2. The van der Waals surface area contributed by atoms with Crippen LogP contribution in [0.15, 0.2) is 54.6 Å². The lowest BCUT2D eigenvalue weighted by Crippen LogP contribution is -2.48. The minimum absolute atomic E-state index is 0.0128. The van der Waals surface area contributed by atoms with Crippen molar-refractivity contribution in [2.45, 2.75) is 25.5 Å². The molecule has 3 rings (SSSR count). The highest BCUT2D eigenvalue weighted by Crippen LogP contribution is 2.31. The molecule has 0 bridgehead atoms. The summed E-state index contributed by atoms with van der Waals surface area (Å²) >= 11 is 0. The van der Waals surface area contributed by atoms with Gasteiger partial charge < -0.3 is 14.8 Å². The predicted octanol–water partition coefficient (Wildman–Crippen LogP) is 2.57. The Hall–Kier alpha value is -2.49. The van der Waals surface area contributed by atoms with Crippen LogP contribution in [0.4, 0.5) is 0 Å². The molecule has 22 heavy (non-hydrogen) atoms. The van der Waals surface area contributed by atoms with Crippen LogP contribution < -0.4 is 14.8 Å². The van der Waals surface area contributed by atoms with E-state index in [1.165, 1.54) is 0 Å². The molecule has 2 aromatic rings. The minimum atomic E-state index is -0.186. The van der Waals surface area contributed by atoms with Crippen LogP contribution in [-0.4, -0.2) is 24.7 Å². The normalized spacial score (nSPS) is 17.6. The van der Waals surface area contributed by atoms with Gasteiger partial charge in [-0.05, 0) is 24.6 Å². The Morgan fingerprint density at radius 1 is 1.14 bits per heavy atom. The Labute approximate surface area is 130 Å². The molecule has 0 saturated carbocycles. The largest absolute Gasteiger partial charge is 0.486 e. The lowest BCUT2D eigenvalue weighted by molar-refractivity contribution is -0.121. The topological polar surface area (TPSA) is 47.6 Å². The Bertz CT molecular complexity index is 642. The van der Waals surface area contributed by atoms with Gasteiger partial charge >= 0.3 is 0 Å². The summed E-state index contributed by atoms with van der Waals surface area (Å²) in [5.41, 5.74) is 0.998. The average molecular weight is 297 g/mol. The molecule has 0 aliphatic carbocycles. The summed E-state index contributed by atoms with van der Waals surface area (Å²) in [6.45, 7) is 2.37. The van der Waals surface area contributed by atoms with Gasteiger partial charge in [-0.1, -0.05) is 42.5 Å². The monoisotopic (exact) mass is 297 g/mol. The van der Waals surface area contributed by atoms with E-state index in [2.05, 4.69) is 5.32 Å². The van der Waals surface area contributed by atoms with Gasteiger partial charge in [-0.15, -0.1) is 0 Å². The van der Waals surface area contributed by atoms with E-state index >= 15 is 0 Å². The number of fused-ring (bicyclic) bond motifs is 1. The summed E-state index contributed by atoms with van der Waals surface area (Å²) in [5.74, 6) is 1.46. The van der Waals surface area contributed by atoms with Gasteiger partial charge in [0.1, 0.15) is 6.61 Å². The molecule has 1 amide bonds. The third-order valence-electron chi connectivity index (χ3n) is 3.68. The van der Waals surface area contributed by atoms with Crippen LogP contribution in [0.2, 0.25) is 0 Å². The van der Waals surface area contributed by atoms with Crippen molar-refractivity contribution in [2.24, 2.45) is 0 Å². The van der Waals surface area contributed by atoms with Crippen LogP contribution in [0.5, 0.6) is 11.5 Å². The molecule has 0 radical (unpaired) electrons. The standard InChI is InChI=1S/C18H19NO3/c1-13(19-18(20)11-14-7-3-2-4-8-14)17-12-21-15-9-5-6-10-16(15)22-17/h2-10,13,17H,11-12H2,1H3,(H,19,20)/t13-,17-/m1/s1. The van der Waals surface area contributed by atoms with E-state index in [4.69, 9.17) is 9.47 Å². The average Bonchev–Trinajstić information content (AvgIpc) is 2.55. The molecule has 1 N–H and O–H groups in total. The molecule has 0 saturated heterocycles. The summed E-state index contributed by atoms with van der Waals surface area (Å²) in [6.07, 6.45) is 0.185. The molecule has 114 valence electrons. The van der Waals surface area contributed by atoms with E-state index in [-0.39, 0.29) is 18.1 Å². The fourth-order valence-electron chi connectivity index (χ4n) is 2.46. The summed E-state index contributed by atoms with van der Waals surface area (Å²) < 4.78 is 11.6. The van der Waals surface area contributed by atoms with Crippen molar-refractivity contribution in [3.05, 3.63) is 60.2 Å². The fourth-order valence-corrected chi connectivity index (χ4v) is 2.46. The van der Waals surface area contributed by atoms with E-state index in [1.807, 2.05) is 61.5 Å². The third kappa shape index (κ3) is 3.39. The Morgan fingerprint density at radius 2 is 1.82 bits per heavy atom. The third-order valence-corrected chi connectivity index (χ3v) is 3.68. The first-order valence-corrected chi connectivity index (χ1v) is 7.44. The molecule has 0 aromatic heterocycles. The molecule has 1 heterocycles. The Kier molecular flexibility index (Phi) is 4.28. The molecule has 0 spiro atoms. The van der Waals surface area contributed by atoms with E-state index < -0.39 is 0 Å². The summed E-state index contributed by atoms with van der Waals surface area (Å²) in [4.78, 5) is 12.1. The molecule has 4 nitrogen and oxygen atoms in total. The number of para-hydroxylation sites is 2. The molecule has 0 fully saturated rings. The zero-order valence-electron chi connectivity index (χ0n) is 12.5. The highest BCUT2D eigenvalue weighted by molar-refractivity contribution is 5.78. The highest BCUT2D eigenvalue weighted by Gasteiger charge is 2.26. The van der Waals surface area contributed by atoms with Crippen LogP contribution in [0.1, 0.15) is 12.5 Å². The van der Waals surface area contributed by atoms with Crippen LogP contribution in [0.3, 0.4) is 0 Å². The lowest BCUT2D eigenvalue weighted by atomic mass is 10.1. The quantitative estimate of drug-likeness (QED) is 0.943. The van der Waals surface area contributed by atoms with Crippen molar-refractivity contribution >= 4 is 5.91 Å². The molecule has 4 heteroatoms. The summed E-state index contributed by atoms with van der Waals surface area (Å²) in [7, 11) is 0. The van der Waals surface area contributed by atoms with Crippen molar-refractivity contribution in [3.63, 3.8) is 0 Å². The van der Waals surface area contributed by atoms with Crippen LogP contribution in [-0.2, 0) is 11.2 Å². The van der Waals surface area contributed by atoms with E-state index in [0.717, 1.165) is 17.1 Å². The second-order valence-corrected chi connectivity index (χ2v) is 5.43. The van der Waals surface area contributed by atoms with Gasteiger partial charge in [-0.2, -0.15) is 0 Å². The van der Waals surface area contributed by atoms with Crippen molar-refractivity contribution in [3.8, 4) is 11.5 Å². The predicted molar refractivity (Wildman–Crippen MR) is 84.1 cm³/mol. The second-order valence-electron chi connectivity index (χ2n) is 5.43. The van der Waals surface area contributed by atoms with Gasteiger partial charge in [0.2, 0.25) is 5.91 Å². The van der Waals surface area contributed by atoms with Crippen LogP contribution in [0.25, 0.3) is 0 Å². The number of hydrogen-bond donors (Lipinski definition) is 1.